The lowest BCUT2D eigenvalue weighted by Gasteiger charge is -2.28. The molecule has 4 fully saturated rings. The van der Waals surface area contributed by atoms with E-state index < -0.39 is 48.4 Å². The number of hydrogen-bond acceptors (Lipinski definition) is 10. The average Bonchev–Trinajstić information content (AvgIpc) is 3.63. The molecule has 15 heteroatoms. The Balaban J connectivity index is 1.24. The second kappa shape index (κ2) is 15.1. The maximum absolute atomic E-state index is 13.3. The maximum Gasteiger partial charge on any atom is 0.407 e. The summed E-state index contributed by atoms with van der Waals surface area (Å²) in [6.45, 7) is -0.277. The minimum absolute atomic E-state index is 0.0298. The van der Waals surface area contributed by atoms with Crippen molar-refractivity contribution in [3.8, 4) is 0 Å². The number of amides is 3. The predicted octanol–water partition coefficient (Wildman–Crippen LogP) is 3.93. The number of alkyl carbamates (subject to hydrolysis) is 3. The van der Waals surface area contributed by atoms with Crippen LogP contribution < -0.4 is 21.5 Å². The molecule has 3 heterocycles. The fourth-order valence-electron chi connectivity index (χ4n) is 7.14. The number of imidazole rings is 1. The first-order chi connectivity index (χ1) is 22.4. The summed E-state index contributed by atoms with van der Waals surface area (Å²) >= 11 is 0. The highest BCUT2D eigenvalue weighted by atomic mass is 16.7. The highest BCUT2D eigenvalue weighted by molar-refractivity contribution is 5.71. The molecule has 0 unspecified atom stereocenters. The van der Waals surface area contributed by atoms with Gasteiger partial charge in [-0.3, -0.25) is 9.36 Å². The van der Waals surface area contributed by atoms with Crippen LogP contribution in [0.5, 0.6) is 0 Å². The fraction of sp³-hybridized carbons (Fsp3) is 0.742. The zero-order valence-electron chi connectivity index (χ0n) is 26.1. The third kappa shape index (κ3) is 7.91. The summed E-state index contributed by atoms with van der Waals surface area (Å²) in [6.07, 6.45) is 10.9. The van der Waals surface area contributed by atoms with Crippen LogP contribution in [0.15, 0.2) is 17.4 Å². The van der Waals surface area contributed by atoms with Crippen LogP contribution >= 0.6 is 0 Å². The van der Waals surface area contributed by atoms with E-state index in [2.05, 4.69) is 30.9 Å². The van der Waals surface area contributed by atoms with Crippen molar-refractivity contribution in [1.29, 1.82) is 0 Å². The van der Waals surface area contributed by atoms with Crippen molar-refractivity contribution < 1.29 is 33.3 Å². The molecule has 46 heavy (non-hydrogen) atoms. The Kier molecular flexibility index (Phi) is 10.6. The minimum atomic E-state index is -1.19. The molecule has 0 bridgehead atoms. The highest BCUT2D eigenvalue weighted by Gasteiger charge is 2.52. The van der Waals surface area contributed by atoms with Gasteiger partial charge in [-0.2, -0.15) is 0 Å². The summed E-state index contributed by atoms with van der Waals surface area (Å²) in [5, 5.41) is 8.80. The largest absolute Gasteiger partial charge is 0.447 e. The molecule has 4 atom stereocenters. The van der Waals surface area contributed by atoms with Gasteiger partial charge in [0.05, 0.1) is 12.7 Å². The normalized spacial score (nSPS) is 26.3. The van der Waals surface area contributed by atoms with Gasteiger partial charge in [-0.05, 0) is 38.5 Å². The molecule has 0 spiro atoms. The van der Waals surface area contributed by atoms with Gasteiger partial charge in [0.25, 0.3) is 5.56 Å². The van der Waals surface area contributed by atoms with E-state index in [-0.39, 0.29) is 35.9 Å². The van der Waals surface area contributed by atoms with E-state index in [4.69, 9.17) is 18.9 Å². The molecule has 252 valence electrons. The van der Waals surface area contributed by atoms with Crippen LogP contribution in [0, 0.1) is 0 Å². The quantitative estimate of drug-likeness (QED) is 0.307. The molecular formula is C31H45N7O8. The van der Waals surface area contributed by atoms with Gasteiger partial charge in [0.2, 0.25) is 0 Å². The number of aromatic nitrogens is 4. The van der Waals surface area contributed by atoms with E-state index in [1.807, 2.05) is 0 Å². The Labute approximate surface area is 266 Å². The van der Waals surface area contributed by atoms with Crippen LogP contribution in [-0.4, -0.2) is 80.8 Å². The van der Waals surface area contributed by atoms with E-state index >= 15 is 0 Å². The summed E-state index contributed by atoms with van der Waals surface area (Å²) in [4.78, 5) is 62.8. The first kappa shape index (κ1) is 32.1. The second-order valence-electron chi connectivity index (χ2n) is 12.9. The van der Waals surface area contributed by atoms with Crippen molar-refractivity contribution >= 4 is 29.4 Å². The van der Waals surface area contributed by atoms with E-state index in [1.165, 1.54) is 17.2 Å². The number of hydrogen-bond donors (Lipinski definition) is 4. The first-order valence-corrected chi connectivity index (χ1v) is 16.9. The minimum Gasteiger partial charge on any atom is -0.447 e. The summed E-state index contributed by atoms with van der Waals surface area (Å²) in [6, 6.07) is -0.0291. The lowest BCUT2D eigenvalue weighted by molar-refractivity contribution is -0.0557. The van der Waals surface area contributed by atoms with Gasteiger partial charge >= 0.3 is 18.3 Å². The molecule has 2 aromatic heterocycles. The number of rotatable bonds is 8. The van der Waals surface area contributed by atoms with Gasteiger partial charge in [-0.25, -0.2) is 24.4 Å². The summed E-state index contributed by atoms with van der Waals surface area (Å²) in [7, 11) is 0. The van der Waals surface area contributed by atoms with Crippen LogP contribution in [0.25, 0.3) is 11.2 Å². The molecule has 1 aliphatic heterocycles. The summed E-state index contributed by atoms with van der Waals surface area (Å²) in [5.41, 5.74) is -0.194. The Morgan fingerprint density at radius 1 is 0.761 bits per heavy atom. The number of H-pyrrole nitrogens is 1. The molecule has 1 saturated heterocycles. The molecule has 4 aliphatic rings. The van der Waals surface area contributed by atoms with Gasteiger partial charge in [0.15, 0.2) is 29.6 Å². The lowest BCUT2D eigenvalue weighted by Crippen LogP contribution is -2.47. The van der Waals surface area contributed by atoms with Crippen molar-refractivity contribution in [3.05, 3.63) is 23.0 Å². The fourth-order valence-corrected chi connectivity index (χ4v) is 7.14. The van der Waals surface area contributed by atoms with Gasteiger partial charge in [-0.1, -0.05) is 57.8 Å². The summed E-state index contributed by atoms with van der Waals surface area (Å²) < 4.78 is 25.4. The zero-order chi connectivity index (χ0) is 31.9. The van der Waals surface area contributed by atoms with Crippen molar-refractivity contribution in [2.45, 2.75) is 139 Å². The monoisotopic (exact) mass is 643 g/mol. The SMILES string of the molecule is O=C(NC1CCCCC1)OC[C@H]1O[C@@H](n2cnc3c(=O)[nH]cnc32)[C@H](OC(=O)NC2CCCCC2)[C@@H]1OC(=O)NC1CCCCC1. The molecular weight excluding hydrogens is 598 g/mol. The van der Waals surface area contributed by atoms with Crippen molar-refractivity contribution in [1.82, 2.24) is 35.5 Å². The number of aromatic amines is 1. The molecule has 0 radical (unpaired) electrons. The van der Waals surface area contributed by atoms with Crippen LogP contribution in [0.1, 0.15) is 103 Å². The Hall–Kier alpha value is -3.88. The number of carbonyl (C=O) groups is 3. The van der Waals surface area contributed by atoms with E-state index in [0.29, 0.717) is 0 Å². The molecule has 3 saturated carbocycles. The molecule has 2 aromatic rings. The third-order valence-electron chi connectivity index (χ3n) is 9.57. The molecule has 6 rings (SSSR count). The molecule has 0 aromatic carbocycles. The van der Waals surface area contributed by atoms with Crippen LogP contribution in [-0.2, 0) is 18.9 Å². The molecule has 4 N–H and O–H groups in total. The van der Waals surface area contributed by atoms with Crippen molar-refractivity contribution in [2.24, 2.45) is 0 Å². The maximum atomic E-state index is 13.3. The van der Waals surface area contributed by atoms with Crippen LogP contribution in [0.2, 0.25) is 0 Å². The Bertz CT molecular complexity index is 1400. The van der Waals surface area contributed by atoms with E-state index in [9.17, 15) is 19.2 Å². The summed E-state index contributed by atoms with van der Waals surface area (Å²) in [5.74, 6) is 0. The highest BCUT2D eigenvalue weighted by Crippen LogP contribution is 2.36. The molecule has 15 nitrogen and oxygen atoms in total. The average molecular weight is 644 g/mol. The topological polar surface area (TPSA) is 188 Å². The number of fused-ring (bicyclic) bond motifs is 1. The third-order valence-corrected chi connectivity index (χ3v) is 9.57. The van der Waals surface area contributed by atoms with Gasteiger partial charge < -0.3 is 39.9 Å². The first-order valence-electron chi connectivity index (χ1n) is 16.9. The van der Waals surface area contributed by atoms with Crippen LogP contribution in [0.3, 0.4) is 0 Å². The zero-order valence-corrected chi connectivity index (χ0v) is 26.1. The van der Waals surface area contributed by atoms with E-state index in [1.54, 1.807) is 0 Å². The standard InChI is InChI=1S/C31H45N7O8/c39-27-23-26(32-17-33-27)38(18-34-23)28-25(46-31(42)37-21-14-8-3-9-15-21)24(45-30(41)36-20-12-6-2-7-13-20)22(44-28)16-43-29(40)35-19-10-4-1-5-11-19/h17-22,24-25,28H,1-16H2,(H,35,40)(H,36,41)(H,37,42)(H,32,33,39)/t22-,24-,25-,28-/m1/s1. The second-order valence-corrected chi connectivity index (χ2v) is 12.9. The number of carbonyl (C=O) groups excluding carboxylic acids is 3. The van der Waals surface area contributed by atoms with Gasteiger partial charge in [0, 0.05) is 18.1 Å². The molecule has 3 amide bonds. The van der Waals surface area contributed by atoms with Gasteiger partial charge in [-0.15, -0.1) is 0 Å². The van der Waals surface area contributed by atoms with E-state index in [0.717, 1.165) is 96.3 Å². The van der Waals surface area contributed by atoms with Crippen molar-refractivity contribution in [3.63, 3.8) is 0 Å². The predicted molar refractivity (Wildman–Crippen MR) is 164 cm³/mol. The number of nitrogens with zero attached hydrogens (tertiary/aromatic N) is 3. The molecule has 3 aliphatic carbocycles. The van der Waals surface area contributed by atoms with Gasteiger partial charge in [0.1, 0.15) is 12.7 Å². The van der Waals surface area contributed by atoms with Crippen LogP contribution in [0.4, 0.5) is 14.4 Å². The Morgan fingerprint density at radius 2 is 1.28 bits per heavy atom. The number of nitrogens with one attached hydrogen (secondary N) is 4. The number of ether oxygens (including phenoxy) is 4. The Morgan fingerprint density at radius 3 is 1.85 bits per heavy atom. The smallest absolute Gasteiger partial charge is 0.407 e. The lowest BCUT2D eigenvalue weighted by atomic mass is 9.96. The van der Waals surface area contributed by atoms with Crippen molar-refractivity contribution in [2.75, 3.05) is 6.61 Å².